The van der Waals surface area contributed by atoms with Crippen molar-refractivity contribution in [2.75, 3.05) is 0 Å². The van der Waals surface area contributed by atoms with E-state index < -0.39 is 74.1 Å². The molecule has 0 aliphatic carbocycles. The molecule has 0 unspecified atom stereocenters. The van der Waals surface area contributed by atoms with Crippen LogP contribution >= 0.6 is 0 Å². The van der Waals surface area contributed by atoms with E-state index in [1.54, 1.807) is 42.6 Å². The summed E-state index contributed by atoms with van der Waals surface area (Å²) >= 11 is 0. The molecule has 0 amide bonds. The third-order valence-electron chi connectivity index (χ3n) is 11.4. The molecule has 0 bridgehead atoms. The van der Waals surface area contributed by atoms with E-state index in [1.807, 2.05) is 41.0 Å². The Bertz CT molecular complexity index is 4250. The van der Waals surface area contributed by atoms with E-state index in [0.717, 1.165) is 21.9 Å². The fourth-order valence-corrected chi connectivity index (χ4v) is 8.35. The summed E-state index contributed by atoms with van der Waals surface area (Å²) in [6.07, 6.45) is 5.13. The number of imidazole rings is 1. The van der Waals surface area contributed by atoms with Crippen molar-refractivity contribution in [2.45, 2.75) is 39.9 Å². The average molecular weight is 1050 g/mol. The Morgan fingerprint density at radius 1 is 0.636 bits per heavy atom. The molecular weight excluding hydrogens is 988 g/mol. The first-order valence-corrected chi connectivity index (χ1v) is 20.8. The number of aromatic nitrogens is 4. The minimum atomic E-state index is -2.78. The van der Waals surface area contributed by atoms with Crippen molar-refractivity contribution in [1.29, 1.82) is 0 Å². The molecule has 6 heteroatoms. The fraction of sp³-hybridized carbons (Fsp3) is 0.100. The topological polar surface area (TPSA) is 35.9 Å². The van der Waals surface area contributed by atoms with Crippen LogP contribution in [0, 0.1) is 32.2 Å². The van der Waals surface area contributed by atoms with E-state index in [4.69, 9.17) is 31.7 Å². The van der Waals surface area contributed by atoms with Gasteiger partial charge < -0.3 is 13.9 Å². The van der Waals surface area contributed by atoms with Gasteiger partial charge in [-0.15, -0.1) is 29.7 Å². The Labute approximate surface area is 423 Å². The van der Waals surface area contributed by atoms with Gasteiger partial charge in [0.25, 0.3) is 6.33 Å². The number of rotatable bonds is 8. The molecule has 0 saturated heterocycles. The fourth-order valence-electron chi connectivity index (χ4n) is 8.35. The molecule has 0 spiro atoms. The van der Waals surface area contributed by atoms with Crippen molar-refractivity contribution in [2.24, 2.45) is 0 Å². The van der Waals surface area contributed by atoms with E-state index >= 15 is 0 Å². The van der Waals surface area contributed by atoms with Crippen LogP contribution in [0.3, 0.4) is 0 Å². The standard InChI is InChI=1S/C60H46N4O.Pt/c1-40-17-14-18-41(2)58(40)44-29-32-54-56(35-44)62(39-63(54)59-49(42-19-8-6-9-20-42)26-16-27-50(59)43-21-10-7-11-22-43)46-23-15-24-47(37-46)65-48-30-31-52-51-25-12-13-28-53(51)64(55(52)38-48)57-36-45(33-34-61-57)60(3,4)5;/h6-36H,1-5H3;/q-2;/i1D3,2D3,6D,7D,8D,9D,10D,11D,19D,20D,21D,22D;. The van der Waals surface area contributed by atoms with Crippen LogP contribution in [-0.2, 0) is 26.5 Å². The quantitative estimate of drug-likeness (QED) is 0.112. The second-order valence-electron chi connectivity index (χ2n) is 16.5. The summed E-state index contributed by atoms with van der Waals surface area (Å²) in [5.74, 6) is 1.21. The summed E-state index contributed by atoms with van der Waals surface area (Å²) in [4.78, 5) is 4.79. The first-order valence-electron chi connectivity index (χ1n) is 28.8. The zero-order valence-electron chi connectivity index (χ0n) is 51.6. The minimum absolute atomic E-state index is 0. The molecule has 0 radical (unpaired) electrons. The number of benzene rings is 8. The molecule has 11 rings (SSSR count). The van der Waals surface area contributed by atoms with Crippen LogP contribution in [0.2, 0.25) is 0 Å². The zero-order valence-corrected chi connectivity index (χ0v) is 37.9. The monoisotopic (exact) mass is 1050 g/mol. The molecule has 0 atom stereocenters. The first-order chi connectivity index (χ1) is 38.3. The van der Waals surface area contributed by atoms with Gasteiger partial charge in [0.05, 0.1) is 30.4 Å². The van der Waals surface area contributed by atoms with Crippen LogP contribution in [0.25, 0.3) is 83.4 Å². The summed E-state index contributed by atoms with van der Waals surface area (Å²) in [6, 6.07) is 34.5. The second kappa shape index (κ2) is 17.2. The Morgan fingerprint density at radius 2 is 1.32 bits per heavy atom. The maximum absolute atomic E-state index is 9.16. The van der Waals surface area contributed by atoms with Crippen LogP contribution in [0.15, 0.2) is 188 Å². The molecular formula is C60H46N4OPt-2. The van der Waals surface area contributed by atoms with Crippen molar-refractivity contribution >= 4 is 32.8 Å². The maximum Gasteiger partial charge on any atom is 0.268 e. The van der Waals surface area contributed by atoms with Gasteiger partial charge in [0.1, 0.15) is 5.82 Å². The molecule has 0 saturated carbocycles. The van der Waals surface area contributed by atoms with Gasteiger partial charge in [-0.05, 0) is 105 Å². The molecule has 324 valence electrons. The third kappa shape index (κ3) is 7.63. The zero-order chi connectivity index (χ0) is 57.9. The maximum atomic E-state index is 9.16. The van der Waals surface area contributed by atoms with E-state index in [2.05, 4.69) is 45.3 Å². The van der Waals surface area contributed by atoms with E-state index in [-0.39, 0.29) is 99.1 Å². The van der Waals surface area contributed by atoms with Crippen molar-refractivity contribution < 1.29 is 52.3 Å². The Balaban J connectivity index is 0.00000753. The van der Waals surface area contributed by atoms with Crippen LogP contribution < -0.4 is 9.30 Å². The third-order valence-corrected chi connectivity index (χ3v) is 11.4. The molecule has 5 nitrogen and oxygen atoms in total. The normalized spacial score (nSPS) is 15.4. The molecule has 0 fully saturated rings. The number of fused-ring (bicyclic) bond motifs is 4. The predicted molar refractivity (Wildman–Crippen MR) is 264 cm³/mol. The SMILES string of the molecule is [2H]c1c([2H])c([2H])c(-c2cccc(-c3c([2H])c([2H])c([2H])c([2H])c3[2H])c2-[n+]2[c-]n(-c3[c-]c(Oc4[c-]c5c(cc4)c4ccccc4n5-c4cc(C(C)(C)C)ccn4)ccc3)c3cc(-c4c(C([2H])([2H])[2H])cccc4C([2H])([2H])[2H])ccc32)c([2H])c1[2H].[Pt]. The van der Waals surface area contributed by atoms with Gasteiger partial charge in [-0.3, -0.25) is 4.57 Å². The Morgan fingerprint density at radius 3 is 2.03 bits per heavy atom. The summed E-state index contributed by atoms with van der Waals surface area (Å²) in [5.41, 5.74) is 2.33. The minimum Gasteiger partial charge on any atom is -0.510 e. The van der Waals surface area contributed by atoms with Gasteiger partial charge in [0.2, 0.25) is 0 Å². The largest absolute Gasteiger partial charge is 0.510 e. The number of hydrogen-bond donors (Lipinski definition) is 0. The molecule has 0 aliphatic heterocycles. The van der Waals surface area contributed by atoms with Crippen LogP contribution in [-0.4, -0.2) is 14.1 Å². The van der Waals surface area contributed by atoms with E-state index in [1.165, 1.54) is 51.6 Å². The Hall–Kier alpha value is -7.33. The molecule has 8 aromatic carbocycles. The first kappa shape index (κ1) is 27.9. The summed E-state index contributed by atoms with van der Waals surface area (Å²) in [5, 5.41) is 1.88. The van der Waals surface area contributed by atoms with Crippen LogP contribution in [0.5, 0.6) is 11.5 Å². The van der Waals surface area contributed by atoms with Gasteiger partial charge in [-0.1, -0.05) is 153 Å². The second-order valence-corrected chi connectivity index (χ2v) is 16.5. The van der Waals surface area contributed by atoms with Crippen molar-refractivity contribution in [1.82, 2.24) is 14.1 Å². The van der Waals surface area contributed by atoms with Crippen molar-refractivity contribution in [3.8, 4) is 62.1 Å². The Kier molecular flexibility index (Phi) is 7.28. The number of para-hydroxylation sites is 2. The van der Waals surface area contributed by atoms with Gasteiger partial charge >= 0.3 is 0 Å². The van der Waals surface area contributed by atoms with Crippen molar-refractivity contribution in [3.05, 3.63) is 223 Å². The van der Waals surface area contributed by atoms with Gasteiger partial charge in [0, 0.05) is 52.5 Å². The number of aryl methyl sites for hydroxylation is 2. The number of nitrogens with zero attached hydrogens (tertiary/aromatic N) is 4. The van der Waals surface area contributed by atoms with Crippen LogP contribution in [0.1, 0.15) is 59.4 Å². The average Bonchev–Trinajstić information content (AvgIpc) is 4.02. The van der Waals surface area contributed by atoms with Gasteiger partial charge in [-0.2, -0.15) is 18.2 Å². The summed E-state index contributed by atoms with van der Waals surface area (Å²) in [6.45, 7) is 0.850. The summed E-state index contributed by atoms with van der Waals surface area (Å²) in [7, 11) is 0. The van der Waals surface area contributed by atoms with Gasteiger partial charge in [-0.25, -0.2) is 4.98 Å². The smallest absolute Gasteiger partial charge is 0.268 e. The van der Waals surface area contributed by atoms with Crippen molar-refractivity contribution in [3.63, 3.8) is 0 Å². The van der Waals surface area contributed by atoms with E-state index in [9.17, 15) is 0 Å². The van der Waals surface area contributed by atoms with Gasteiger partial charge in [0.15, 0.2) is 0 Å². The molecule has 0 N–H and O–H groups in total. The molecule has 3 heterocycles. The molecule has 0 aliphatic rings. The molecule has 3 aromatic heterocycles. The van der Waals surface area contributed by atoms with Crippen LogP contribution in [0.4, 0.5) is 0 Å². The number of ether oxygens (including phenoxy) is 1. The predicted octanol–water partition coefficient (Wildman–Crippen LogP) is 14.5. The molecule has 11 aromatic rings. The van der Waals surface area contributed by atoms with E-state index in [0.29, 0.717) is 17.1 Å². The number of pyridine rings is 1. The molecule has 66 heavy (non-hydrogen) atoms. The summed E-state index contributed by atoms with van der Waals surface area (Å²) < 4.78 is 151. The number of hydrogen-bond acceptors (Lipinski definition) is 2.